The first-order chi connectivity index (χ1) is 18.7. The Bertz CT molecular complexity index is 1250. The van der Waals surface area contributed by atoms with Crippen LogP contribution in [0.2, 0.25) is 18.1 Å². The van der Waals surface area contributed by atoms with Crippen LogP contribution in [0.5, 0.6) is 0 Å². The van der Waals surface area contributed by atoms with E-state index in [4.69, 9.17) is 13.9 Å². The largest absolute Gasteiger partial charge is 0.456 e. The van der Waals surface area contributed by atoms with Crippen LogP contribution in [0.25, 0.3) is 0 Å². The van der Waals surface area contributed by atoms with Crippen LogP contribution in [-0.2, 0) is 18.7 Å². The summed E-state index contributed by atoms with van der Waals surface area (Å²) in [6.45, 7) is 16.5. The van der Waals surface area contributed by atoms with Crippen LogP contribution in [0.3, 0.4) is 0 Å². The van der Waals surface area contributed by atoms with E-state index in [-0.39, 0.29) is 35.0 Å². The summed E-state index contributed by atoms with van der Waals surface area (Å²) < 4.78 is 20.2. The van der Waals surface area contributed by atoms with Crippen molar-refractivity contribution in [3.63, 3.8) is 0 Å². The molecular formula is C28H41N3O6S2Si. The molecule has 3 rings (SSSR count). The van der Waals surface area contributed by atoms with Gasteiger partial charge in [-0.3, -0.25) is 9.36 Å². The highest BCUT2D eigenvalue weighted by molar-refractivity contribution is 8.76. The zero-order chi connectivity index (χ0) is 29.7. The van der Waals surface area contributed by atoms with Gasteiger partial charge in [0.2, 0.25) is 5.91 Å². The number of nitrogens with zero attached hydrogens (tertiary/aromatic N) is 2. The normalized spacial score (nSPS) is 20.2. The predicted molar refractivity (Wildman–Crippen MR) is 164 cm³/mol. The summed E-state index contributed by atoms with van der Waals surface area (Å²) in [6, 6.07) is 9.04. The molecule has 1 fully saturated rings. The number of ether oxygens (including phenoxy) is 2. The average Bonchev–Trinajstić information content (AvgIpc) is 3.27. The maximum atomic E-state index is 13.5. The Morgan fingerprint density at radius 1 is 1.25 bits per heavy atom. The fraction of sp³-hybridized carbons (Fsp3) is 0.571. The summed E-state index contributed by atoms with van der Waals surface area (Å²) in [5, 5.41) is 2.60. The molecule has 1 aromatic carbocycles. The number of aromatic nitrogens is 2. The predicted octanol–water partition coefficient (Wildman–Crippen LogP) is 6.20. The van der Waals surface area contributed by atoms with Gasteiger partial charge >= 0.3 is 11.7 Å². The molecule has 12 heteroatoms. The molecule has 2 aromatic rings. The molecule has 1 aliphatic heterocycles. The van der Waals surface area contributed by atoms with Crippen molar-refractivity contribution >= 4 is 47.6 Å². The van der Waals surface area contributed by atoms with Crippen molar-refractivity contribution in [2.45, 2.75) is 89.8 Å². The third kappa shape index (κ3) is 8.22. The van der Waals surface area contributed by atoms with Crippen molar-refractivity contribution in [1.29, 1.82) is 0 Å². The average molecular weight is 608 g/mol. The van der Waals surface area contributed by atoms with E-state index >= 15 is 0 Å². The second kappa shape index (κ2) is 13.7. The van der Waals surface area contributed by atoms with Crippen molar-refractivity contribution in [3.8, 4) is 0 Å². The van der Waals surface area contributed by atoms with Crippen molar-refractivity contribution in [3.05, 3.63) is 58.1 Å². The van der Waals surface area contributed by atoms with Gasteiger partial charge < -0.3 is 19.2 Å². The number of hydrogen-bond donors (Lipinski definition) is 1. The lowest BCUT2D eigenvalue weighted by molar-refractivity contribution is -0.114. The number of benzene rings is 1. The van der Waals surface area contributed by atoms with Crippen molar-refractivity contribution < 1.29 is 23.5 Å². The smallest absolute Gasteiger partial charge is 0.351 e. The molecule has 0 aliphatic carbocycles. The van der Waals surface area contributed by atoms with E-state index in [1.165, 1.54) is 23.8 Å². The van der Waals surface area contributed by atoms with Crippen molar-refractivity contribution in [2.24, 2.45) is 0 Å². The number of nitrogens with one attached hydrogen (secondary N) is 1. The minimum Gasteiger partial charge on any atom is -0.456 e. The highest BCUT2D eigenvalue weighted by Gasteiger charge is 2.43. The highest BCUT2D eigenvalue weighted by atomic mass is 33.1. The van der Waals surface area contributed by atoms with Crippen LogP contribution in [0.1, 0.15) is 75.4 Å². The standard InChI is InChI=1S/C28H41N3O6S2Si/c1-9-38-39-18(2)20-12-10-11-13-21(20)26(33)37-22-16-25(31-15-14-24(29-19(3)32)30-27(31)34)36-23(22)17-35-40(7,8)28(4,5)6/h10-15,18,22-23,25H,9,16-17H2,1-8H3,(H,29,30,32,34)/t18?,22?,23-,25-/m1/s1. The zero-order valence-corrected chi connectivity index (χ0v) is 27.2. The fourth-order valence-corrected chi connectivity index (χ4v) is 6.99. The van der Waals surface area contributed by atoms with Gasteiger partial charge in [0.15, 0.2) is 8.32 Å². The third-order valence-electron chi connectivity index (χ3n) is 7.25. The van der Waals surface area contributed by atoms with Crippen LogP contribution < -0.4 is 11.0 Å². The van der Waals surface area contributed by atoms with E-state index in [0.717, 1.165) is 11.3 Å². The van der Waals surface area contributed by atoms with Gasteiger partial charge in [-0.2, -0.15) is 4.98 Å². The molecule has 0 saturated carbocycles. The second-order valence-electron chi connectivity index (χ2n) is 11.3. The molecule has 0 spiro atoms. The molecule has 2 unspecified atom stereocenters. The van der Waals surface area contributed by atoms with E-state index in [1.54, 1.807) is 27.7 Å². The van der Waals surface area contributed by atoms with Gasteiger partial charge in [0, 0.05) is 30.5 Å². The number of anilines is 1. The van der Waals surface area contributed by atoms with Gasteiger partial charge in [-0.25, -0.2) is 9.59 Å². The zero-order valence-electron chi connectivity index (χ0n) is 24.6. The fourth-order valence-electron chi connectivity index (χ4n) is 3.99. The lowest BCUT2D eigenvalue weighted by Crippen LogP contribution is -2.44. The quantitative estimate of drug-likeness (QED) is 0.181. The monoisotopic (exact) mass is 607 g/mol. The summed E-state index contributed by atoms with van der Waals surface area (Å²) in [7, 11) is 1.34. The topological polar surface area (TPSA) is 109 Å². The molecular weight excluding hydrogens is 567 g/mol. The highest BCUT2D eigenvalue weighted by Crippen LogP contribution is 2.40. The molecule has 1 aromatic heterocycles. The molecule has 1 N–H and O–H groups in total. The van der Waals surface area contributed by atoms with Gasteiger partial charge in [-0.15, -0.1) is 0 Å². The third-order valence-corrected chi connectivity index (χ3v) is 14.6. The van der Waals surface area contributed by atoms with Gasteiger partial charge in [0.05, 0.1) is 12.2 Å². The summed E-state index contributed by atoms with van der Waals surface area (Å²) >= 11 is 0. The van der Waals surface area contributed by atoms with E-state index < -0.39 is 38.4 Å². The maximum Gasteiger partial charge on any atom is 0.351 e. The molecule has 40 heavy (non-hydrogen) atoms. The molecule has 2 heterocycles. The Morgan fingerprint density at radius 3 is 2.58 bits per heavy atom. The number of carbonyl (C=O) groups is 2. The molecule has 1 saturated heterocycles. The first-order valence-electron chi connectivity index (χ1n) is 13.5. The molecule has 1 aliphatic rings. The van der Waals surface area contributed by atoms with Crippen molar-refractivity contribution in [1.82, 2.24) is 9.55 Å². The van der Waals surface area contributed by atoms with Gasteiger partial charge in [-0.1, -0.05) is 67.5 Å². The molecule has 4 atom stereocenters. The Balaban J connectivity index is 1.85. The summed E-state index contributed by atoms with van der Waals surface area (Å²) in [5.74, 6) is 0.385. The first kappa shape index (κ1) is 32.4. The summed E-state index contributed by atoms with van der Waals surface area (Å²) in [6.07, 6.45) is -0.121. The van der Waals surface area contributed by atoms with Crippen LogP contribution >= 0.6 is 21.6 Å². The van der Waals surface area contributed by atoms with E-state index in [1.807, 2.05) is 18.2 Å². The number of rotatable bonds is 11. The maximum absolute atomic E-state index is 13.5. The Hall–Kier alpha value is -2.12. The number of carbonyl (C=O) groups excluding carboxylic acids is 2. The van der Waals surface area contributed by atoms with Crippen LogP contribution in [0.4, 0.5) is 5.82 Å². The summed E-state index contributed by atoms with van der Waals surface area (Å²) in [5.41, 5.74) is 0.860. The molecule has 0 bridgehead atoms. The van der Waals surface area contributed by atoms with E-state index in [9.17, 15) is 14.4 Å². The number of hydrogen-bond acceptors (Lipinski definition) is 9. The molecule has 9 nitrogen and oxygen atoms in total. The van der Waals surface area contributed by atoms with Gasteiger partial charge in [0.1, 0.15) is 24.3 Å². The lowest BCUT2D eigenvalue weighted by atomic mass is 10.0. The van der Waals surface area contributed by atoms with Crippen LogP contribution in [-0.4, -0.2) is 54.3 Å². The van der Waals surface area contributed by atoms with Crippen LogP contribution in [0.15, 0.2) is 41.3 Å². The van der Waals surface area contributed by atoms with Crippen LogP contribution in [0, 0.1) is 0 Å². The first-order valence-corrected chi connectivity index (χ1v) is 18.8. The summed E-state index contributed by atoms with van der Waals surface area (Å²) in [4.78, 5) is 41.6. The second-order valence-corrected chi connectivity index (χ2v) is 19.1. The minimum atomic E-state index is -2.12. The molecule has 0 radical (unpaired) electrons. The van der Waals surface area contributed by atoms with E-state index in [2.05, 4.69) is 58.0 Å². The van der Waals surface area contributed by atoms with E-state index in [0.29, 0.717) is 5.56 Å². The molecule has 1 amide bonds. The minimum absolute atomic E-state index is 0.0131. The Kier molecular flexibility index (Phi) is 11.1. The number of esters is 1. The van der Waals surface area contributed by atoms with Crippen molar-refractivity contribution in [2.75, 3.05) is 17.7 Å². The Labute approximate surface area is 245 Å². The van der Waals surface area contributed by atoms with Gasteiger partial charge in [0.25, 0.3) is 0 Å². The Morgan fingerprint density at radius 2 is 1.95 bits per heavy atom. The molecule has 220 valence electrons. The SMILES string of the molecule is CCSSC(C)c1ccccc1C(=O)OC1C[C@H](n2ccc(NC(C)=O)nc2=O)O[C@@H]1CO[Si](C)(C)C(C)(C)C. The van der Waals surface area contributed by atoms with Gasteiger partial charge in [-0.05, 0) is 42.8 Å². The number of amides is 1. The lowest BCUT2D eigenvalue weighted by Gasteiger charge is -2.37.